The number of amides is 1. The summed E-state index contributed by atoms with van der Waals surface area (Å²) in [5.41, 5.74) is 2.93. The van der Waals surface area contributed by atoms with Crippen LogP contribution in [0.4, 0.5) is 5.69 Å². The van der Waals surface area contributed by atoms with Gasteiger partial charge in [0, 0.05) is 10.7 Å². The molecular formula is C19H21ClN2O. The van der Waals surface area contributed by atoms with Crippen LogP contribution in [0.5, 0.6) is 0 Å². The second kappa shape index (κ2) is 7.16. The normalized spacial score (nSPS) is 16.3. The molecule has 1 heterocycles. The minimum atomic E-state index is -0.269. The maximum Gasteiger partial charge on any atom is 0.246 e. The van der Waals surface area contributed by atoms with Crippen LogP contribution in [-0.4, -0.2) is 23.9 Å². The van der Waals surface area contributed by atoms with Crippen LogP contribution in [0.25, 0.3) is 0 Å². The van der Waals surface area contributed by atoms with Crippen molar-refractivity contribution in [2.24, 2.45) is 0 Å². The molecule has 3 rings (SSSR count). The Labute approximate surface area is 142 Å². The maximum absolute atomic E-state index is 13.0. The van der Waals surface area contributed by atoms with Gasteiger partial charge >= 0.3 is 0 Å². The van der Waals surface area contributed by atoms with Gasteiger partial charge in [0.2, 0.25) is 5.91 Å². The van der Waals surface area contributed by atoms with E-state index in [1.807, 2.05) is 55.5 Å². The van der Waals surface area contributed by atoms with Crippen molar-refractivity contribution in [1.82, 2.24) is 4.90 Å². The van der Waals surface area contributed by atoms with Crippen molar-refractivity contribution in [3.05, 3.63) is 64.7 Å². The van der Waals surface area contributed by atoms with Crippen LogP contribution in [0.1, 0.15) is 30.0 Å². The van der Waals surface area contributed by atoms with E-state index >= 15 is 0 Å². The second-order valence-electron chi connectivity index (χ2n) is 6.00. The predicted octanol–water partition coefficient (Wildman–Crippen LogP) is 4.42. The van der Waals surface area contributed by atoms with Gasteiger partial charge in [-0.3, -0.25) is 9.69 Å². The van der Waals surface area contributed by atoms with Gasteiger partial charge in [0.25, 0.3) is 0 Å². The molecule has 0 aliphatic carbocycles. The Bertz CT molecular complexity index is 678. The van der Waals surface area contributed by atoms with E-state index in [9.17, 15) is 4.79 Å². The van der Waals surface area contributed by atoms with E-state index in [0.717, 1.165) is 42.7 Å². The molecule has 0 unspecified atom stereocenters. The van der Waals surface area contributed by atoms with E-state index in [0.29, 0.717) is 5.02 Å². The van der Waals surface area contributed by atoms with Crippen LogP contribution >= 0.6 is 11.6 Å². The molecule has 0 aromatic heterocycles. The minimum Gasteiger partial charge on any atom is -0.324 e. The zero-order valence-corrected chi connectivity index (χ0v) is 14.0. The van der Waals surface area contributed by atoms with Crippen LogP contribution in [0.15, 0.2) is 48.5 Å². The molecule has 3 nitrogen and oxygen atoms in total. The minimum absolute atomic E-state index is 0.0172. The highest BCUT2D eigenvalue weighted by Gasteiger charge is 2.29. The Morgan fingerprint density at radius 2 is 1.74 bits per heavy atom. The lowest BCUT2D eigenvalue weighted by atomic mass is 10.0. The fourth-order valence-corrected chi connectivity index (χ4v) is 3.21. The fourth-order valence-electron chi connectivity index (χ4n) is 3.09. The number of halogens is 1. The monoisotopic (exact) mass is 328 g/mol. The summed E-state index contributed by atoms with van der Waals surface area (Å²) in [4.78, 5) is 15.2. The molecule has 1 saturated heterocycles. The summed E-state index contributed by atoms with van der Waals surface area (Å²) in [6.07, 6.45) is 2.28. The molecule has 1 atom stereocenters. The third kappa shape index (κ3) is 3.74. The number of benzene rings is 2. The van der Waals surface area contributed by atoms with Gasteiger partial charge in [-0.15, -0.1) is 0 Å². The number of hydrogen-bond donors (Lipinski definition) is 1. The highest BCUT2D eigenvalue weighted by Crippen LogP contribution is 2.28. The molecule has 1 aliphatic heterocycles. The van der Waals surface area contributed by atoms with Crippen LogP contribution in [0.2, 0.25) is 5.02 Å². The quantitative estimate of drug-likeness (QED) is 0.900. The summed E-state index contributed by atoms with van der Waals surface area (Å²) in [5, 5.41) is 3.77. The lowest BCUT2D eigenvalue weighted by Gasteiger charge is -2.27. The number of nitrogens with zero attached hydrogens (tertiary/aromatic N) is 1. The lowest BCUT2D eigenvalue weighted by molar-refractivity contribution is -0.121. The number of carbonyl (C=O) groups excluding carboxylic acids is 1. The van der Waals surface area contributed by atoms with Gasteiger partial charge < -0.3 is 5.32 Å². The molecule has 23 heavy (non-hydrogen) atoms. The first-order chi connectivity index (χ1) is 11.1. The molecule has 1 aliphatic rings. The predicted molar refractivity (Wildman–Crippen MR) is 94.8 cm³/mol. The van der Waals surface area contributed by atoms with Gasteiger partial charge in [-0.2, -0.15) is 0 Å². The number of rotatable bonds is 4. The first-order valence-electron chi connectivity index (χ1n) is 8.01. The third-order valence-electron chi connectivity index (χ3n) is 4.34. The van der Waals surface area contributed by atoms with E-state index in [1.54, 1.807) is 0 Å². The molecule has 2 aromatic rings. The van der Waals surface area contributed by atoms with Crippen molar-refractivity contribution in [3.63, 3.8) is 0 Å². The zero-order chi connectivity index (χ0) is 16.2. The second-order valence-corrected chi connectivity index (χ2v) is 6.44. The van der Waals surface area contributed by atoms with Crippen molar-refractivity contribution in [3.8, 4) is 0 Å². The first kappa shape index (κ1) is 16.0. The Kier molecular flexibility index (Phi) is 4.99. The maximum atomic E-state index is 13.0. The topological polar surface area (TPSA) is 32.3 Å². The molecule has 1 N–H and O–H groups in total. The molecule has 0 bridgehead atoms. The van der Waals surface area contributed by atoms with E-state index in [4.69, 9.17) is 11.6 Å². The van der Waals surface area contributed by atoms with Crippen LogP contribution in [0, 0.1) is 6.92 Å². The van der Waals surface area contributed by atoms with Gasteiger partial charge in [-0.05, 0) is 62.2 Å². The van der Waals surface area contributed by atoms with E-state index < -0.39 is 0 Å². The van der Waals surface area contributed by atoms with E-state index in [-0.39, 0.29) is 11.9 Å². The molecule has 1 amide bonds. The first-order valence-corrected chi connectivity index (χ1v) is 8.39. The van der Waals surface area contributed by atoms with Gasteiger partial charge in [0.05, 0.1) is 0 Å². The number of aryl methyl sites for hydroxylation is 1. The van der Waals surface area contributed by atoms with Crippen LogP contribution in [-0.2, 0) is 4.79 Å². The largest absolute Gasteiger partial charge is 0.324 e. The standard InChI is InChI=1S/C19H21ClN2O/c1-14-6-2-3-7-17(14)21-19(23)18(22-12-4-5-13-22)15-8-10-16(20)11-9-15/h2-3,6-11,18H,4-5,12-13H2,1H3,(H,21,23)/t18-/m1/s1. The Morgan fingerprint density at radius 3 is 2.39 bits per heavy atom. The summed E-state index contributed by atoms with van der Waals surface area (Å²) in [6.45, 7) is 3.91. The highest BCUT2D eigenvalue weighted by molar-refractivity contribution is 6.30. The molecular weight excluding hydrogens is 308 g/mol. The molecule has 4 heteroatoms. The Morgan fingerprint density at radius 1 is 1.09 bits per heavy atom. The van der Waals surface area contributed by atoms with Crippen molar-refractivity contribution in [2.45, 2.75) is 25.8 Å². The molecule has 1 fully saturated rings. The Balaban J connectivity index is 1.87. The summed E-state index contributed by atoms with van der Waals surface area (Å²) in [7, 11) is 0. The van der Waals surface area contributed by atoms with Gasteiger partial charge in [-0.1, -0.05) is 41.9 Å². The van der Waals surface area contributed by atoms with Crippen molar-refractivity contribution < 1.29 is 4.79 Å². The number of carbonyl (C=O) groups is 1. The number of nitrogens with one attached hydrogen (secondary N) is 1. The van der Waals surface area contributed by atoms with Crippen molar-refractivity contribution in [2.75, 3.05) is 18.4 Å². The van der Waals surface area contributed by atoms with Crippen LogP contribution in [0.3, 0.4) is 0 Å². The number of hydrogen-bond acceptors (Lipinski definition) is 2. The Hall–Kier alpha value is -1.84. The SMILES string of the molecule is Cc1ccccc1NC(=O)[C@@H](c1ccc(Cl)cc1)N1CCCC1. The summed E-state index contributed by atoms with van der Waals surface area (Å²) >= 11 is 5.99. The third-order valence-corrected chi connectivity index (χ3v) is 4.59. The van der Waals surface area contributed by atoms with Gasteiger partial charge in [0.15, 0.2) is 0 Å². The molecule has 0 spiro atoms. The molecule has 120 valence electrons. The van der Waals surface area contributed by atoms with Gasteiger partial charge in [-0.25, -0.2) is 0 Å². The number of para-hydroxylation sites is 1. The zero-order valence-electron chi connectivity index (χ0n) is 13.3. The fraction of sp³-hybridized carbons (Fsp3) is 0.316. The summed E-state index contributed by atoms with van der Waals surface area (Å²) < 4.78 is 0. The molecule has 0 saturated carbocycles. The average Bonchev–Trinajstić information content (AvgIpc) is 3.06. The highest BCUT2D eigenvalue weighted by atomic mass is 35.5. The molecule has 0 radical (unpaired) electrons. The van der Waals surface area contributed by atoms with Crippen molar-refractivity contribution in [1.29, 1.82) is 0 Å². The lowest BCUT2D eigenvalue weighted by Crippen LogP contribution is -2.35. The van der Waals surface area contributed by atoms with Crippen molar-refractivity contribution >= 4 is 23.2 Å². The number of anilines is 1. The summed E-state index contributed by atoms with van der Waals surface area (Å²) in [5.74, 6) is 0.0172. The van der Waals surface area contributed by atoms with E-state index in [1.165, 1.54) is 0 Å². The number of likely N-dealkylation sites (tertiary alicyclic amines) is 1. The molecule has 2 aromatic carbocycles. The van der Waals surface area contributed by atoms with Crippen LogP contribution < -0.4 is 5.32 Å². The summed E-state index contributed by atoms with van der Waals surface area (Å²) in [6, 6.07) is 15.2. The average molecular weight is 329 g/mol. The van der Waals surface area contributed by atoms with Gasteiger partial charge in [0.1, 0.15) is 6.04 Å². The smallest absolute Gasteiger partial charge is 0.246 e. The van der Waals surface area contributed by atoms with E-state index in [2.05, 4.69) is 10.2 Å².